The molecule has 9 nitrogen and oxygen atoms in total. The standard InChI is InChI=1S/C34H41FN6O3/c1-21(2)41(24-11-22(3)12-24)33(42)26-13-23(35)5-6-29(26)44-31-16-36-20-38-32(31)40-18-34(19-40)14-25(15-34)43-30-7-9-37-28-8-10-39(4)17-27(28)30/h5-7,9,13,16,20-22,24-25H,8,10-12,14-15,17-19H2,1-4H3. The van der Waals surface area contributed by atoms with Crippen molar-refractivity contribution in [1.29, 1.82) is 0 Å². The van der Waals surface area contributed by atoms with Crippen LogP contribution < -0.4 is 14.4 Å². The van der Waals surface area contributed by atoms with Gasteiger partial charge in [-0.05, 0) is 76.8 Å². The zero-order valence-corrected chi connectivity index (χ0v) is 26.0. The van der Waals surface area contributed by atoms with Crippen LogP contribution in [0.1, 0.15) is 68.1 Å². The topological polar surface area (TPSA) is 83.9 Å². The Morgan fingerprint density at radius 3 is 2.66 bits per heavy atom. The fraction of sp³-hybridized carbons (Fsp3) is 0.529. The molecule has 2 aliphatic heterocycles. The Morgan fingerprint density at radius 2 is 1.91 bits per heavy atom. The summed E-state index contributed by atoms with van der Waals surface area (Å²) < 4.78 is 27.3. The SMILES string of the molecule is CC1CC(N(C(=O)c2cc(F)ccc2Oc2cncnc2N2CC3(CC(Oc4ccnc5c4CN(C)CC5)C3)C2)C(C)C)C1. The molecule has 0 radical (unpaired) electrons. The fourth-order valence-corrected chi connectivity index (χ4v) is 7.54. The van der Waals surface area contributed by atoms with E-state index < -0.39 is 5.82 Å². The minimum atomic E-state index is -0.471. The maximum atomic E-state index is 14.5. The number of hydrogen-bond acceptors (Lipinski definition) is 8. The van der Waals surface area contributed by atoms with Crippen molar-refractivity contribution >= 4 is 11.7 Å². The molecule has 4 aliphatic rings. The molecule has 3 aromatic rings. The van der Waals surface area contributed by atoms with Crippen molar-refractivity contribution in [1.82, 2.24) is 24.8 Å². The predicted molar refractivity (Wildman–Crippen MR) is 165 cm³/mol. The number of carbonyl (C=O) groups is 1. The molecule has 4 heterocycles. The van der Waals surface area contributed by atoms with E-state index in [9.17, 15) is 9.18 Å². The molecular weight excluding hydrogens is 559 g/mol. The van der Waals surface area contributed by atoms with Gasteiger partial charge >= 0.3 is 0 Å². The number of nitrogens with zero attached hydrogens (tertiary/aromatic N) is 6. The highest BCUT2D eigenvalue weighted by Gasteiger charge is 2.54. The minimum absolute atomic E-state index is 0.00962. The molecule has 1 saturated heterocycles. The van der Waals surface area contributed by atoms with Gasteiger partial charge in [0.05, 0.1) is 11.8 Å². The van der Waals surface area contributed by atoms with Crippen LogP contribution in [0, 0.1) is 17.2 Å². The molecule has 1 spiro atoms. The lowest BCUT2D eigenvalue weighted by atomic mass is 9.61. The molecule has 44 heavy (non-hydrogen) atoms. The smallest absolute Gasteiger partial charge is 0.258 e. The summed E-state index contributed by atoms with van der Waals surface area (Å²) in [7, 11) is 2.14. The third-order valence-corrected chi connectivity index (χ3v) is 9.81. The van der Waals surface area contributed by atoms with Gasteiger partial charge in [-0.15, -0.1) is 0 Å². The van der Waals surface area contributed by atoms with Gasteiger partial charge in [0.15, 0.2) is 11.6 Å². The fourth-order valence-electron chi connectivity index (χ4n) is 7.54. The molecule has 0 atom stereocenters. The van der Waals surface area contributed by atoms with Crippen LogP contribution in [-0.4, -0.2) is 75.5 Å². The van der Waals surface area contributed by atoms with Crippen molar-refractivity contribution in [3.8, 4) is 17.2 Å². The molecule has 2 aromatic heterocycles. The lowest BCUT2D eigenvalue weighted by Gasteiger charge is -2.59. The molecule has 0 unspecified atom stereocenters. The number of pyridine rings is 1. The average molecular weight is 601 g/mol. The highest BCUT2D eigenvalue weighted by atomic mass is 19.1. The van der Waals surface area contributed by atoms with Crippen molar-refractivity contribution < 1.29 is 18.7 Å². The number of benzene rings is 1. The van der Waals surface area contributed by atoms with Crippen LogP contribution in [0.5, 0.6) is 17.2 Å². The summed E-state index contributed by atoms with van der Waals surface area (Å²) in [4.78, 5) is 33.5. The van der Waals surface area contributed by atoms with Crippen molar-refractivity contribution in [3.63, 3.8) is 0 Å². The van der Waals surface area contributed by atoms with Gasteiger partial charge in [-0.2, -0.15) is 0 Å². The van der Waals surface area contributed by atoms with Crippen LogP contribution in [0.2, 0.25) is 0 Å². The highest BCUT2D eigenvalue weighted by Crippen LogP contribution is 2.52. The highest BCUT2D eigenvalue weighted by molar-refractivity contribution is 5.97. The molecule has 232 valence electrons. The molecule has 0 bridgehead atoms. The number of fused-ring (bicyclic) bond motifs is 1. The largest absolute Gasteiger partial charge is 0.490 e. The van der Waals surface area contributed by atoms with E-state index >= 15 is 0 Å². The Labute approximate surface area is 258 Å². The van der Waals surface area contributed by atoms with Crippen molar-refractivity contribution in [3.05, 3.63) is 65.6 Å². The third-order valence-electron chi connectivity index (χ3n) is 9.81. The number of likely N-dealkylation sites (N-methyl/N-ethyl adjacent to an activating group) is 1. The van der Waals surface area contributed by atoms with E-state index in [1.165, 1.54) is 30.1 Å². The van der Waals surface area contributed by atoms with Gasteiger partial charge in [-0.1, -0.05) is 6.92 Å². The van der Waals surface area contributed by atoms with Crippen LogP contribution in [0.4, 0.5) is 10.2 Å². The van der Waals surface area contributed by atoms with Crippen LogP contribution in [0.3, 0.4) is 0 Å². The summed E-state index contributed by atoms with van der Waals surface area (Å²) in [5.74, 6) is 2.31. The van der Waals surface area contributed by atoms with Gasteiger partial charge in [0, 0.05) is 67.6 Å². The van der Waals surface area contributed by atoms with E-state index in [4.69, 9.17) is 9.47 Å². The first-order valence-corrected chi connectivity index (χ1v) is 15.8. The third kappa shape index (κ3) is 5.38. The first-order valence-electron chi connectivity index (χ1n) is 15.8. The average Bonchev–Trinajstić information content (AvgIpc) is 2.94. The number of anilines is 1. The van der Waals surface area contributed by atoms with Crippen molar-refractivity contribution in [2.75, 3.05) is 31.6 Å². The summed E-state index contributed by atoms with van der Waals surface area (Å²) in [5.41, 5.74) is 2.78. The van der Waals surface area contributed by atoms with Crippen molar-refractivity contribution in [2.45, 2.75) is 77.6 Å². The molecule has 2 aliphatic carbocycles. The Kier molecular flexibility index (Phi) is 7.43. The number of carbonyl (C=O) groups excluding carboxylic acids is 1. The second kappa shape index (κ2) is 11.3. The summed E-state index contributed by atoms with van der Waals surface area (Å²) >= 11 is 0. The molecular formula is C34H41FN6O3. The molecule has 1 aromatic carbocycles. The van der Waals surface area contributed by atoms with E-state index in [-0.39, 0.29) is 35.1 Å². The number of ether oxygens (including phenoxy) is 2. The van der Waals surface area contributed by atoms with Crippen LogP contribution in [0.25, 0.3) is 0 Å². The molecule has 2 saturated carbocycles. The van der Waals surface area contributed by atoms with Crippen LogP contribution in [0.15, 0.2) is 43.0 Å². The normalized spacial score (nSPS) is 22.5. The second-order valence-corrected chi connectivity index (χ2v) is 13.7. The number of amides is 1. The Morgan fingerprint density at radius 1 is 1.11 bits per heavy atom. The lowest BCUT2D eigenvalue weighted by molar-refractivity contribution is -0.0352. The summed E-state index contributed by atoms with van der Waals surface area (Å²) in [5, 5.41) is 0. The molecule has 7 rings (SSSR count). The van der Waals surface area contributed by atoms with Crippen LogP contribution >= 0.6 is 0 Å². The number of halogens is 1. The summed E-state index contributed by atoms with van der Waals surface area (Å²) in [6.07, 6.45) is 10.0. The maximum Gasteiger partial charge on any atom is 0.258 e. The number of rotatable bonds is 8. The zero-order valence-electron chi connectivity index (χ0n) is 26.0. The first kappa shape index (κ1) is 29.0. The van der Waals surface area contributed by atoms with E-state index in [1.807, 2.05) is 31.0 Å². The summed E-state index contributed by atoms with van der Waals surface area (Å²) in [6, 6.07) is 6.28. The van der Waals surface area contributed by atoms with Gasteiger partial charge in [0.1, 0.15) is 29.7 Å². The minimum Gasteiger partial charge on any atom is -0.490 e. The van der Waals surface area contributed by atoms with E-state index in [0.717, 1.165) is 69.7 Å². The molecule has 10 heteroatoms. The van der Waals surface area contributed by atoms with Gasteiger partial charge in [-0.3, -0.25) is 9.78 Å². The quantitative estimate of drug-likeness (QED) is 0.336. The van der Waals surface area contributed by atoms with Crippen LogP contribution in [-0.2, 0) is 13.0 Å². The Balaban J connectivity index is 1.03. The Bertz CT molecular complexity index is 1550. The van der Waals surface area contributed by atoms with E-state index in [1.54, 1.807) is 6.20 Å². The van der Waals surface area contributed by atoms with E-state index in [2.05, 4.69) is 38.7 Å². The zero-order chi connectivity index (χ0) is 30.6. The molecule has 3 fully saturated rings. The predicted octanol–water partition coefficient (Wildman–Crippen LogP) is 5.49. The van der Waals surface area contributed by atoms with Gasteiger partial charge < -0.3 is 24.2 Å². The molecule has 0 N–H and O–H groups in total. The van der Waals surface area contributed by atoms with Gasteiger partial charge in [0.2, 0.25) is 0 Å². The molecule has 1 amide bonds. The second-order valence-electron chi connectivity index (χ2n) is 13.7. The number of hydrogen-bond donors (Lipinski definition) is 0. The maximum absolute atomic E-state index is 14.5. The summed E-state index contributed by atoms with van der Waals surface area (Å²) in [6.45, 7) is 9.77. The van der Waals surface area contributed by atoms with Gasteiger partial charge in [-0.25, -0.2) is 14.4 Å². The lowest BCUT2D eigenvalue weighted by Crippen LogP contribution is -2.65. The first-order chi connectivity index (χ1) is 21.2. The number of aromatic nitrogens is 3. The van der Waals surface area contributed by atoms with Gasteiger partial charge in [0.25, 0.3) is 5.91 Å². The van der Waals surface area contributed by atoms with E-state index in [0.29, 0.717) is 23.2 Å². The van der Waals surface area contributed by atoms with Crippen molar-refractivity contribution in [2.24, 2.45) is 11.3 Å². The Hall–Kier alpha value is -3.79. The monoisotopic (exact) mass is 600 g/mol.